The van der Waals surface area contributed by atoms with E-state index in [0.717, 1.165) is 6.26 Å². The van der Waals surface area contributed by atoms with E-state index in [1.165, 1.54) is 19.3 Å². The van der Waals surface area contributed by atoms with Crippen molar-refractivity contribution in [3.05, 3.63) is 47.7 Å². The summed E-state index contributed by atoms with van der Waals surface area (Å²) in [5.74, 6) is -2.84. The maximum atomic E-state index is 12.6. The highest BCUT2D eigenvalue weighted by atomic mass is 16.8. The molecule has 2 heterocycles. The van der Waals surface area contributed by atoms with Crippen LogP contribution in [0.3, 0.4) is 0 Å². The summed E-state index contributed by atoms with van der Waals surface area (Å²) in [5, 5.41) is 60.8. The molecule has 13 nitrogen and oxygen atoms in total. The first-order valence-corrected chi connectivity index (χ1v) is 11.9. The third-order valence-electron chi connectivity index (χ3n) is 6.98. The van der Waals surface area contributed by atoms with Crippen molar-refractivity contribution < 1.29 is 63.9 Å². The molecule has 9 unspecified atom stereocenters. The number of esters is 1. The van der Waals surface area contributed by atoms with E-state index in [0.29, 0.717) is 11.3 Å². The van der Waals surface area contributed by atoms with Crippen LogP contribution in [0.25, 0.3) is 6.08 Å². The predicted octanol–water partition coefficient (Wildman–Crippen LogP) is -1.10. The van der Waals surface area contributed by atoms with Gasteiger partial charge in [0.2, 0.25) is 6.29 Å². The molecule has 3 aliphatic rings. The van der Waals surface area contributed by atoms with Crippen molar-refractivity contribution in [3.8, 4) is 5.75 Å². The van der Waals surface area contributed by atoms with Crippen LogP contribution < -0.4 is 4.74 Å². The number of benzene rings is 1. The summed E-state index contributed by atoms with van der Waals surface area (Å²) in [6.07, 6.45) is -7.16. The molecule has 208 valence electrons. The third kappa shape index (κ3) is 5.40. The summed E-state index contributed by atoms with van der Waals surface area (Å²) in [5.41, 5.74) is -1.80. The molecule has 0 bridgehead atoms. The third-order valence-corrected chi connectivity index (χ3v) is 6.98. The average Bonchev–Trinajstić information content (AvgIpc) is 3.24. The number of hydrogen-bond donors (Lipinski definition) is 6. The van der Waals surface area contributed by atoms with Crippen LogP contribution in [0.4, 0.5) is 0 Å². The van der Waals surface area contributed by atoms with Gasteiger partial charge in [-0.2, -0.15) is 0 Å². The molecule has 13 heteroatoms. The Bertz CT molecular complexity index is 1070. The second kappa shape index (κ2) is 11.4. The molecule has 9 atom stereocenters. The van der Waals surface area contributed by atoms with Gasteiger partial charge in [-0.15, -0.1) is 0 Å². The van der Waals surface area contributed by atoms with E-state index in [2.05, 4.69) is 0 Å². The number of hydrogen-bond acceptors (Lipinski definition) is 12. The number of aliphatic hydroxyl groups is 5. The summed E-state index contributed by atoms with van der Waals surface area (Å²) >= 11 is 0. The molecule has 1 aromatic carbocycles. The summed E-state index contributed by atoms with van der Waals surface area (Å²) in [6, 6.07) is 6.87. The van der Waals surface area contributed by atoms with Crippen molar-refractivity contribution >= 4 is 18.0 Å². The van der Waals surface area contributed by atoms with Crippen LogP contribution >= 0.6 is 0 Å². The molecular weight excluding hydrogens is 508 g/mol. The van der Waals surface area contributed by atoms with Gasteiger partial charge in [0.25, 0.3) is 0 Å². The van der Waals surface area contributed by atoms with Crippen molar-refractivity contribution in [1.82, 2.24) is 0 Å². The van der Waals surface area contributed by atoms with Crippen LogP contribution in [0.2, 0.25) is 0 Å². The summed E-state index contributed by atoms with van der Waals surface area (Å²) < 4.78 is 27.1. The second-order valence-corrected chi connectivity index (χ2v) is 9.25. The summed E-state index contributed by atoms with van der Waals surface area (Å²) in [6.45, 7) is -0.701. The van der Waals surface area contributed by atoms with Gasteiger partial charge in [0, 0.05) is 6.08 Å². The molecule has 1 saturated carbocycles. The van der Waals surface area contributed by atoms with Gasteiger partial charge in [-0.1, -0.05) is 12.1 Å². The first-order valence-electron chi connectivity index (χ1n) is 11.9. The molecule has 0 spiro atoms. The van der Waals surface area contributed by atoms with E-state index in [9.17, 15) is 40.2 Å². The lowest BCUT2D eigenvalue weighted by atomic mass is 9.81. The molecule has 0 amide bonds. The van der Waals surface area contributed by atoms with E-state index in [4.69, 9.17) is 23.7 Å². The van der Waals surface area contributed by atoms with Gasteiger partial charge in [0.05, 0.1) is 25.9 Å². The fraction of sp³-hybridized carbons (Fsp3) is 0.520. The Kier molecular flexibility index (Phi) is 8.37. The van der Waals surface area contributed by atoms with Crippen molar-refractivity contribution in [2.75, 3.05) is 13.7 Å². The van der Waals surface area contributed by atoms with Gasteiger partial charge >= 0.3 is 11.9 Å². The minimum Gasteiger partial charge on any atom is -0.497 e. The van der Waals surface area contributed by atoms with Crippen LogP contribution in [0.5, 0.6) is 5.75 Å². The lowest BCUT2D eigenvalue weighted by Crippen LogP contribution is -2.61. The Morgan fingerprint density at radius 1 is 1.11 bits per heavy atom. The quantitative estimate of drug-likeness (QED) is 0.172. The minimum atomic E-state index is -2.02. The van der Waals surface area contributed by atoms with Crippen molar-refractivity contribution in [2.24, 2.45) is 5.92 Å². The smallest absolute Gasteiger partial charge is 0.337 e. The number of methoxy groups -OCH3 is 1. The molecule has 6 N–H and O–H groups in total. The fourth-order valence-corrected chi connectivity index (χ4v) is 4.92. The van der Waals surface area contributed by atoms with Crippen molar-refractivity contribution in [1.29, 1.82) is 0 Å². The monoisotopic (exact) mass is 538 g/mol. The first kappa shape index (κ1) is 28.0. The highest BCUT2D eigenvalue weighted by molar-refractivity contribution is 5.89. The number of aliphatic carboxylic acids is 1. The van der Waals surface area contributed by atoms with Crippen molar-refractivity contribution in [2.45, 2.75) is 61.5 Å². The van der Waals surface area contributed by atoms with E-state index in [1.807, 2.05) is 0 Å². The van der Waals surface area contributed by atoms with Crippen LogP contribution in [0.1, 0.15) is 18.4 Å². The molecule has 2 aliphatic heterocycles. The van der Waals surface area contributed by atoms with Gasteiger partial charge in [-0.25, -0.2) is 9.59 Å². The van der Waals surface area contributed by atoms with E-state index < -0.39 is 78.7 Å². The average molecular weight is 539 g/mol. The lowest BCUT2D eigenvalue weighted by Gasteiger charge is -2.44. The predicted molar refractivity (Wildman–Crippen MR) is 125 cm³/mol. The maximum Gasteiger partial charge on any atom is 0.337 e. The molecule has 2 fully saturated rings. The minimum absolute atomic E-state index is 0.0613. The van der Waals surface area contributed by atoms with Crippen molar-refractivity contribution in [3.63, 3.8) is 0 Å². The number of fused-ring (bicyclic) bond motifs is 1. The van der Waals surface area contributed by atoms with Gasteiger partial charge in [0.15, 0.2) is 6.29 Å². The summed E-state index contributed by atoms with van der Waals surface area (Å²) in [4.78, 5) is 24.4. The van der Waals surface area contributed by atoms with Crippen LogP contribution in [-0.2, 0) is 28.5 Å². The molecular formula is C25H30O13. The molecule has 38 heavy (non-hydrogen) atoms. The zero-order chi connectivity index (χ0) is 27.6. The van der Waals surface area contributed by atoms with Gasteiger partial charge in [-0.05, 0) is 36.6 Å². The van der Waals surface area contributed by atoms with E-state index >= 15 is 0 Å². The normalized spacial score (nSPS) is 36.7. The number of carboxylic acids is 1. The van der Waals surface area contributed by atoms with Crippen LogP contribution in [-0.4, -0.2) is 105 Å². The van der Waals surface area contributed by atoms with Gasteiger partial charge in [-0.3, -0.25) is 0 Å². The largest absolute Gasteiger partial charge is 0.497 e. The van der Waals surface area contributed by atoms with Gasteiger partial charge in [0.1, 0.15) is 47.4 Å². The molecule has 0 aromatic heterocycles. The SMILES string of the molecule is COc1ccc(C=CC(=O)OC2CCC3(O)C(C(=O)O)=COC(OC4OC(CO)C(O)C(O)C4O)C23)cc1. The van der Waals surface area contributed by atoms with Gasteiger partial charge < -0.3 is 54.3 Å². The number of carbonyl (C=O) groups excluding carboxylic acids is 1. The molecule has 0 radical (unpaired) electrons. The number of rotatable bonds is 8. The molecule has 1 aromatic rings. The summed E-state index contributed by atoms with van der Waals surface area (Å²) in [7, 11) is 1.53. The zero-order valence-electron chi connectivity index (χ0n) is 20.3. The number of carbonyl (C=O) groups is 2. The van der Waals surface area contributed by atoms with Crippen LogP contribution in [0, 0.1) is 5.92 Å². The Morgan fingerprint density at radius 2 is 1.82 bits per heavy atom. The number of ether oxygens (including phenoxy) is 5. The number of aliphatic hydroxyl groups excluding tert-OH is 4. The first-order chi connectivity index (χ1) is 18.1. The van der Waals surface area contributed by atoms with E-state index in [1.54, 1.807) is 24.3 Å². The Balaban J connectivity index is 1.53. The fourth-order valence-electron chi connectivity index (χ4n) is 4.92. The second-order valence-electron chi connectivity index (χ2n) is 9.25. The Hall–Kier alpha value is -3.04. The van der Waals surface area contributed by atoms with Crippen LogP contribution in [0.15, 0.2) is 42.2 Å². The molecule has 1 saturated heterocycles. The Morgan fingerprint density at radius 3 is 2.45 bits per heavy atom. The lowest BCUT2D eigenvalue weighted by molar-refractivity contribution is -0.348. The zero-order valence-corrected chi connectivity index (χ0v) is 20.3. The maximum absolute atomic E-state index is 12.6. The highest BCUT2D eigenvalue weighted by Crippen LogP contribution is 2.48. The molecule has 1 aliphatic carbocycles. The standard InChI is InChI=1S/C25H30O13/c1-34-13-5-2-12(3-6-13)4-7-17(27)36-15-8-9-25(33)14(22(31)32)11-35-23(18(15)25)38-24-21(30)20(29)19(28)16(10-26)37-24/h2-7,11,15-16,18-21,23-24,26,28-30,33H,8-10H2,1H3,(H,31,32). The highest BCUT2D eigenvalue weighted by Gasteiger charge is 2.61. The topological polar surface area (TPSA) is 202 Å². The number of carboxylic acid groups (broad SMARTS) is 1. The van der Waals surface area contributed by atoms with E-state index in [-0.39, 0.29) is 12.8 Å². The Labute approximate surface area is 217 Å². The molecule has 4 rings (SSSR count).